The van der Waals surface area contributed by atoms with Crippen molar-refractivity contribution in [2.75, 3.05) is 16.9 Å². The smallest absolute Gasteiger partial charge is 0.366 e. The summed E-state index contributed by atoms with van der Waals surface area (Å²) in [5, 5.41) is 2.37. The third kappa shape index (κ3) is 7.45. The first-order chi connectivity index (χ1) is 23.1. The highest BCUT2D eigenvalue weighted by Gasteiger charge is 2.79. The third-order valence-electron chi connectivity index (χ3n) is 7.32. The minimum Gasteiger partial charge on any atom is -0.366 e. The Balaban J connectivity index is 2.20. The lowest BCUT2D eigenvalue weighted by atomic mass is 9.96. The fraction of sp³-hybridized carbons (Fsp3) is 0.414. The first-order valence-corrected chi connectivity index (χ1v) is 15.6. The summed E-state index contributed by atoms with van der Waals surface area (Å²) in [5.74, 6) is -29.8. The second-order valence-corrected chi connectivity index (χ2v) is 12.3. The van der Waals surface area contributed by atoms with Crippen LogP contribution in [0.2, 0.25) is 5.02 Å². The van der Waals surface area contributed by atoms with Crippen LogP contribution in [-0.2, 0) is 18.4 Å². The predicted octanol–water partition coefficient (Wildman–Crippen LogP) is 8.97. The molecule has 0 aliphatic rings. The number of hydrogen-bond donors (Lipinski definition) is 1. The number of primary amides is 1. The van der Waals surface area contributed by atoms with Crippen LogP contribution >= 0.6 is 23.4 Å². The molecule has 22 heteroatoms. The van der Waals surface area contributed by atoms with E-state index in [1.54, 1.807) is 13.2 Å². The van der Waals surface area contributed by atoms with Gasteiger partial charge in [-0.05, 0) is 49.4 Å². The fourth-order valence-corrected chi connectivity index (χ4v) is 5.73. The Morgan fingerprint density at radius 2 is 1.45 bits per heavy atom. The van der Waals surface area contributed by atoms with Crippen molar-refractivity contribution in [1.29, 1.82) is 0 Å². The molecule has 0 aliphatic heterocycles. The molecular weight excluding hydrogens is 770 g/mol. The summed E-state index contributed by atoms with van der Waals surface area (Å²) in [5.41, 5.74) is -1.83. The number of anilines is 1. The molecule has 0 spiro atoms. The molecule has 0 aliphatic carbocycles. The molecule has 6 nitrogen and oxygen atoms in total. The molecule has 0 saturated heterocycles. The summed E-state index contributed by atoms with van der Waals surface area (Å²) in [7, 11) is 0. The number of benzene rings is 2. The van der Waals surface area contributed by atoms with Crippen molar-refractivity contribution >= 4 is 40.9 Å². The van der Waals surface area contributed by atoms with E-state index >= 15 is 0 Å². The number of carbonyl (C=O) groups is 2. The molecule has 3 rings (SSSR count). The van der Waals surface area contributed by atoms with Crippen molar-refractivity contribution in [3.8, 4) is 0 Å². The molecule has 282 valence electrons. The number of nitrogens with zero attached hydrogens (tertiary/aromatic N) is 3. The summed E-state index contributed by atoms with van der Waals surface area (Å²) in [6, 6.07) is 6.52. The highest BCUT2D eigenvalue weighted by molar-refractivity contribution is 7.98. The summed E-state index contributed by atoms with van der Waals surface area (Å²) in [6.45, 7) is 1.78. The van der Waals surface area contributed by atoms with Gasteiger partial charge in [-0.15, -0.1) is 0 Å². The zero-order valence-corrected chi connectivity index (χ0v) is 27.4. The predicted molar refractivity (Wildman–Crippen MR) is 157 cm³/mol. The highest BCUT2D eigenvalue weighted by atomic mass is 35.5. The van der Waals surface area contributed by atoms with Crippen LogP contribution in [0.1, 0.15) is 50.0 Å². The van der Waals surface area contributed by atoms with E-state index in [9.17, 15) is 71.1 Å². The summed E-state index contributed by atoms with van der Waals surface area (Å²) in [4.78, 5) is 27.1. The van der Waals surface area contributed by atoms with Gasteiger partial charge in [-0.3, -0.25) is 14.3 Å². The molecule has 2 aromatic carbocycles. The number of alkyl halides is 14. The van der Waals surface area contributed by atoms with Crippen molar-refractivity contribution in [3.63, 3.8) is 0 Å². The van der Waals surface area contributed by atoms with Crippen LogP contribution in [0.25, 0.3) is 0 Å². The molecule has 0 bridgehead atoms. The molecule has 2 N–H and O–H groups in total. The Morgan fingerprint density at radius 1 is 0.902 bits per heavy atom. The standard InChI is InChI=1S/C29H23ClF14N4O2S/c1-13-9-15(7-8-19(13)48(14(2)12-51-3)23(50)20-16(22(45)49)5-4-6-18(20)30)10-47-11-17(24(31,32)26(35,36)28(39,40)41)21(46-47)25(33,34)27(37,38)29(42,43)44/h4-9,11,14H,10,12H2,1-3H3,(H2,45,49). The number of hydrogen-bond acceptors (Lipinski definition) is 4. The molecule has 3 aromatic rings. The number of carbonyl (C=O) groups excluding carboxylic acids is 2. The average Bonchev–Trinajstić information content (AvgIpc) is 3.42. The molecule has 1 atom stereocenters. The maximum absolute atomic E-state index is 14.7. The van der Waals surface area contributed by atoms with Crippen molar-refractivity contribution < 1.29 is 71.1 Å². The van der Waals surface area contributed by atoms with E-state index < -0.39 is 77.9 Å². The lowest BCUT2D eigenvalue weighted by Gasteiger charge is -2.31. The Morgan fingerprint density at radius 3 is 1.94 bits per heavy atom. The van der Waals surface area contributed by atoms with Crippen LogP contribution in [0.15, 0.2) is 42.6 Å². The topological polar surface area (TPSA) is 81.2 Å². The second-order valence-electron chi connectivity index (χ2n) is 11.0. The molecule has 51 heavy (non-hydrogen) atoms. The zero-order valence-electron chi connectivity index (χ0n) is 25.8. The Hall–Kier alpha value is -3.75. The minimum absolute atomic E-state index is 0.0789. The maximum Gasteiger partial charge on any atom is 0.460 e. The summed E-state index contributed by atoms with van der Waals surface area (Å²) < 4.78 is 191. The number of halogens is 15. The molecular formula is C29H23ClF14N4O2S. The molecule has 1 unspecified atom stereocenters. The SMILES string of the molecule is CSCC(C)N(C(=O)c1c(Cl)cccc1C(N)=O)c1ccc(Cn2cc(C(F)(F)C(F)(F)C(F)(F)F)c(C(F)(F)C(F)(F)C(F)(F)F)n2)cc1C. The van der Waals surface area contributed by atoms with Crippen LogP contribution in [-0.4, -0.2) is 63.8 Å². The lowest BCUT2D eigenvalue weighted by molar-refractivity contribution is -0.367. The van der Waals surface area contributed by atoms with E-state index in [1.165, 1.54) is 47.9 Å². The summed E-state index contributed by atoms with van der Waals surface area (Å²) in [6.07, 6.45) is -13.3. The van der Waals surface area contributed by atoms with Crippen molar-refractivity contribution in [2.45, 2.75) is 62.5 Å². The quantitative estimate of drug-likeness (QED) is 0.186. The van der Waals surface area contributed by atoms with Gasteiger partial charge in [0.25, 0.3) is 5.91 Å². The highest BCUT2D eigenvalue weighted by Crippen LogP contribution is 2.57. The second kappa shape index (κ2) is 14.0. The van der Waals surface area contributed by atoms with Crippen LogP contribution in [0.4, 0.5) is 67.2 Å². The van der Waals surface area contributed by atoms with Gasteiger partial charge in [-0.2, -0.15) is 78.3 Å². The molecule has 0 fully saturated rings. The van der Waals surface area contributed by atoms with Gasteiger partial charge in [0.2, 0.25) is 5.91 Å². The number of nitrogens with two attached hydrogens (primary N) is 1. The van der Waals surface area contributed by atoms with Gasteiger partial charge in [-0.25, -0.2) is 0 Å². The van der Waals surface area contributed by atoms with Crippen molar-refractivity contribution in [2.24, 2.45) is 5.73 Å². The maximum atomic E-state index is 14.7. The van der Waals surface area contributed by atoms with E-state index in [0.717, 1.165) is 12.1 Å². The Bertz CT molecular complexity index is 1740. The molecule has 2 amide bonds. The van der Waals surface area contributed by atoms with E-state index in [-0.39, 0.29) is 43.4 Å². The van der Waals surface area contributed by atoms with Gasteiger partial charge in [0, 0.05) is 23.7 Å². The number of rotatable bonds is 12. The largest absolute Gasteiger partial charge is 0.460 e. The monoisotopic (exact) mass is 792 g/mol. The van der Waals surface area contributed by atoms with Gasteiger partial charge in [0.05, 0.1) is 28.3 Å². The van der Waals surface area contributed by atoms with Gasteiger partial charge >= 0.3 is 36.0 Å². The lowest BCUT2D eigenvalue weighted by Crippen LogP contribution is -2.53. The van der Waals surface area contributed by atoms with E-state index in [0.29, 0.717) is 0 Å². The Labute approximate surface area is 287 Å². The molecule has 1 aromatic heterocycles. The first-order valence-electron chi connectivity index (χ1n) is 13.8. The number of aromatic nitrogens is 2. The molecule has 1 heterocycles. The average molecular weight is 793 g/mol. The van der Waals surface area contributed by atoms with Crippen LogP contribution < -0.4 is 10.6 Å². The third-order valence-corrected chi connectivity index (χ3v) is 8.45. The fourth-order valence-electron chi connectivity index (χ4n) is 4.84. The van der Waals surface area contributed by atoms with Crippen LogP contribution in [0.5, 0.6) is 0 Å². The van der Waals surface area contributed by atoms with E-state index in [1.807, 2.05) is 0 Å². The Kier molecular flexibility index (Phi) is 11.4. The van der Waals surface area contributed by atoms with Crippen LogP contribution in [0, 0.1) is 6.92 Å². The van der Waals surface area contributed by atoms with Gasteiger partial charge in [0.1, 0.15) is 5.69 Å². The van der Waals surface area contributed by atoms with Gasteiger partial charge in [0.15, 0.2) is 0 Å². The zero-order chi connectivity index (χ0) is 39.3. The first kappa shape index (κ1) is 41.7. The van der Waals surface area contributed by atoms with Crippen molar-refractivity contribution in [1.82, 2.24) is 9.78 Å². The van der Waals surface area contributed by atoms with Crippen LogP contribution in [0.3, 0.4) is 0 Å². The molecule has 0 radical (unpaired) electrons. The van der Waals surface area contributed by atoms with E-state index in [2.05, 4.69) is 5.10 Å². The number of thioether (sulfide) groups is 1. The normalized spacial score (nSPS) is 14.1. The summed E-state index contributed by atoms with van der Waals surface area (Å²) >= 11 is 7.51. The van der Waals surface area contributed by atoms with Gasteiger partial charge in [-0.1, -0.05) is 29.8 Å². The number of aryl methyl sites for hydroxylation is 1. The molecule has 0 saturated carbocycles. The van der Waals surface area contributed by atoms with Gasteiger partial charge < -0.3 is 10.6 Å². The minimum atomic E-state index is -7.27. The van der Waals surface area contributed by atoms with Crippen molar-refractivity contribution in [3.05, 3.63) is 81.1 Å². The van der Waals surface area contributed by atoms with E-state index in [4.69, 9.17) is 17.3 Å². The number of amides is 2.